The average Bonchev–Trinajstić information content (AvgIpc) is 2.48. The van der Waals surface area contributed by atoms with Crippen LogP contribution >= 0.6 is 0 Å². The van der Waals surface area contributed by atoms with E-state index in [2.05, 4.69) is 6.92 Å². The molecule has 0 bridgehead atoms. The van der Waals surface area contributed by atoms with Gasteiger partial charge in [0.2, 0.25) is 0 Å². The molecule has 0 unspecified atom stereocenters. The Hall–Kier alpha value is -2.16. The molecule has 20 heavy (non-hydrogen) atoms. The summed E-state index contributed by atoms with van der Waals surface area (Å²) in [6.45, 7) is 5.36. The van der Waals surface area contributed by atoms with E-state index >= 15 is 0 Å². The van der Waals surface area contributed by atoms with Crippen molar-refractivity contribution in [3.05, 3.63) is 53.6 Å². The number of nitrogen functional groups attached to an aromatic ring is 1. The summed E-state index contributed by atoms with van der Waals surface area (Å²) in [7, 11) is 0. The van der Waals surface area contributed by atoms with E-state index < -0.39 is 0 Å². The molecule has 0 amide bonds. The number of hydrogen-bond acceptors (Lipinski definition) is 3. The zero-order valence-corrected chi connectivity index (χ0v) is 12.1. The molecule has 2 aromatic carbocycles. The van der Waals surface area contributed by atoms with Crippen LogP contribution in [0.2, 0.25) is 0 Å². The van der Waals surface area contributed by atoms with E-state index in [-0.39, 0.29) is 0 Å². The van der Waals surface area contributed by atoms with Crippen LogP contribution in [0.1, 0.15) is 24.5 Å². The standard InChI is InChI=1S/C17H21NO2/c1-3-11-19-15-7-9-16(10-8-15)20-12-14-5-4-6-17(18)13(14)2/h4-10H,3,11-12,18H2,1-2H3. The van der Waals surface area contributed by atoms with Crippen LogP contribution in [0.5, 0.6) is 11.5 Å². The maximum absolute atomic E-state index is 5.88. The summed E-state index contributed by atoms with van der Waals surface area (Å²) in [4.78, 5) is 0. The lowest BCUT2D eigenvalue weighted by Gasteiger charge is -2.11. The Morgan fingerprint density at radius 2 is 1.60 bits per heavy atom. The largest absolute Gasteiger partial charge is 0.494 e. The van der Waals surface area contributed by atoms with Gasteiger partial charge in [0, 0.05) is 5.69 Å². The molecule has 0 atom stereocenters. The van der Waals surface area contributed by atoms with Crippen molar-refractivity contribution in [3.8, 4) is 11.5 Å². The SMILES string of the molecule is CCCOc1ccc(OCc2cccc(N)c2C)cc1. The van der Waals surface area contributed by atoms with Gasteiger partial charge < -0.3 is 15.2 Å². The van der Waals surface area contributed by atoms with Crippen molar-refractivity contribution in [2.24, 2.45) is 0 Å². The van der Waals surface area contributed by atoms with Crippen LogP contribution in [-0.2, 0) is 6.61 Å². The summed E-state index contributed by atoms with van der Waals surface area (Å²) in [5, 5.41) is 0. The molecular formula is C17H21NO2. The fourth-order valence-corrected chi connectivity index (χ4v) is 1.87. The molecular weight excluding hydrogens is 250 g/mol. The third kappa shape index (κ3) is 3.67. The Morgan fingerprint density at radius 3 is 2.25 bits per heavy atom. The van der Waals surface area contributed by atoms with Crippen LogP contribution in [0.15, 0.2) is 42.5 Å². The number of hydrogen-bond donors (Lipinski definition) is 1. The fourth-order valence-electron chi connectivity index (χ4n) is 1.87. The molecule has 0 radical (unpaired) electrons. The minimum atomic E-state index is 0.520. The van der Waals surface area contributed by atoms with Crippen LogP contribution in [0.3, 0.4) is 0 Å². The van der Waals surface area contributed by atoms with Crippen molar-refractivity contribution in [2.45, 2.75) is 26.9 Å². The lowest BCUT2D eigenvalue weighted by molar-refractivity contribution is 0.301. The maximum Gasteiger partial charge on any atom is 0.120 e. The Morgan fingerprint density at radius 1 is 0.950 bits per heavy atom. The van der Waals surface area contributed by atoms with Crippen molar-refractivity contribution in [1.82, 2.24) is 0 Å². The number of rotatable bonds is 6. The number of nitrogens with two attached hydrogens (primary N) is 1. The van der Waals surface area contributed by atoms with Crippen molar-refractivity contribution in [2.75, 3.05) is 12.3 Å². The molecule has 3 heteroatoms. The third-order valence-corrected chi connectivity index (χ3v) is 3.18. The molecule has 0 aliphatic heterocycles. The first kappa shape index (κ1) is 14.3. The molecule has 0 spiro atoms. The summed E-state index contributed by atoms with van der Waals surface area (Å²) in [5.74, 6) is 1.70. The lowest BCUT2D eigenvalue weighted by atomic mass is 10.1. The van der Waals surface area contributed by atoms with Crippen LogP contribution in [0.4, 0.5) is 5.69 Å². The van der Waals surface area contributed by atoms with Crippen molar-refractivity contribution in [3.63, 3.8) is 0 Å². The molecule has 0 saturated heterocycles. The van der Waals surface area contributed by atoms with Gasteiger partial charge in [-0.15, -0.1) is 0 Å². The fraction of sp³-hybridized carbons (Fsp3) is 0.294. The van der Waals surface area contributed by atoms with E-state index in [4.69, 9.17) is 15.2 Å². The van der Waals surface area contributed by atoms with Crippen LogP contribution in [0.25, 0.3) is 0 Å². The molecule has 106 valence electrons. The van der Waals surface area contributed by atoms with E-state index in [9.17, 15) is 0 Å². The summed E-state index contributed by atoms with van der Waals surface area (Å²) in [6, 6.07) is 13.6. The topological polar surface area (TPSA) is 44.5 Å². The first-order chi connectivity index (χ1) is 9.70. The molecule has 0 fully saturated rings. The smallest absolute Gasteiger partial charge is 0.120 e. The highest BCUT2D eigenvalue weighted by molar-refractivity contribution is 5.49. The van der Waals surface area contributed by atoms with Gasteiger partial charge in [-0.1, -0.05) is 19.1 Å². The Bertz CT molecular complexity index is 549. The lowest BCUT2D eigenvalue weighted by Crippen LogP contribution is -2.00. The van der Waals surface area contributed by atoms with E-state index in [0.29, 0.717) is 6.61 Å². The minimum absolute atomic E-state index is 0.520. The highest BCUT2D eigenvalue weighted by Gasteiger charge is 2.02. The van der Waals surface area contributed by atoms with Crippen molar-refractivity contribution in [1.29, 1.82) is 0 Å². The molecule has 0 heterocycles. The Balaban J connectivity index is 1.95. The van der Waals surface area contributed by atoms with Gasteiger partial charge >= 0.3 is 0 Å². The first-order valence-electron chi connectivity index (χ1n) is 6.90. The Labute approximate surface area is 120 Å². The second-order valence-electron chi connectivity index (χ2n) is 4.74. The highest BCUT2D eigenvalue weighted by atomic mass is 16.5. The third-order valence-electron chi connectivity index (χ3n) is 3.18. The Kier molecular flexibility index (Phi) is 4.88. The van der Waals surface area contributed by atoms with Crippen LogP contribution < -0.4 is 15.2 Å². The molecule has 0 aromatic heterocycles. The quantitative estimate of drug-likeness (QED) is 0.809. The van der Waals surface area contributed by atoms with Gasteiger partial charge in [0.15, 0.2) is 0 Å². The van der Waals surface area contributed by atoms with Gasteiger partial charge in [0.25, 0.3) is 0 Å². The molecule has 0 saturated carbocycles. The predicted molar refractivity (Wildman–Crippen MR) is 82.2 cm³/mol. The number of anilines is 1. The zero-order valence-electron chi connectivity index (χ0n) is 12.1. The molecule has 3 nitrogen and oxygen atoms in total. The van der Waals surface area contributed by atoms with Crippen LogP contribution in [0, 0.1) is 6.92 Å². The summed E-state index contributed by atoms with van der Waals surface area (Å²) >= 11 is 0. The first-order valence-corrected chi connectivity index (χ1v) is 6.90. The zero-order chi connectivity index (χ0) is 14.4. The van der Waals surface area contributed by atoms with E-state index in [1.165, 1.54) is 0 Å². The van der Waals surface area contributed by atoms with E-state index in [1.54, 1.807) is 0 Å². The number of ether oxygens (including phenoxy) is 2. The normalized spacial score (nSPS) is 10.3. The predicted octanol–water partition coefficient (Wildman–Crippen LogP) is 3.95. The molecule has 0 aliphatic rings. The van der Waals surface area contributed by atoms with Gasteiger partial charge in [-0.05, 0) is 54.8 Å². The van der Waals surface area contributed by atoms with Crippen molar-refractivity contribution < 1.29 is 9.47 Å². The second-order valence-corrected chi connectivity index (χ2v) is 4.74. The van der Waals surface area contributed by atoms with Gasteiger partial charge in [0.05, 0.1) is 6.61 Å². The van der Waals surface area contributed by atoms with Gasteiger partial charge in [0.1, 0.15) is 18.1 Å². The second kappa shape index (κ2) is 6.85. The number of benzene rings is 2. The monoisotopic (exact) mass is 271 g/mol. The van der Waals surface area contributed by atoms with Crippen LogP contribution in [-0.4, -0.2) is 6.61 Å². The van der Waals surface area contributed by atoms with E-state index in [0.717, 1.165) is 41.3 Å². The van der Waals surface area contributed by atoms with Gasteiger partial charge in [-0.3, -0.25) is 0 Å². The molecule has 2 aromatic rings. The molecule has 2 N–H and O–H groups in total. The molecule has 2 rings (SSSR count). The summed E-state index contributed by atoms with van der Waals surface area (Å²) in [5.41, 5.74) is 8.87. The highest BCUT2D eigenvalue weighted by Crippen LogP contribution is 2.21. The van der Waals surface area contributed by atoms with Gasteiger partial charge in [-0.2, -0.15) is 0 Å². The minimum Gasteiger partial charge on any atom is -0.494 e. The van der Waals surface area contributed by atoms with E-state index in [1.807, 2.05) is 49.4 Å². The van der Waals surface area contributed by atoms with Crippen molar-refractivity contribution >= 4 is 5.69 Å². The van der Waals surface area contributed by atoms with Gasteiger partial charge in [-0.25, -0.2) is 0 Å². The maximum atomic E-state index is 5.88. The summed E-state index contributed by atoms with van der Waals surface area (Å²) in [6.07, 6.45) is 1.01. The average molecular weight is 271 g/mol. The molecule has 0 aliphatic carbocycles. The summed E-state index contributed by atoms with van der Waals surface area (Å²) < 4.78 is 11.3.